The number of benzene rings is 2. The van der Waals surface area contributed by atoms with Crippen molar-refractivity contribution in [2.45, 2.75) is 82.6 Å². The van der Waals surface area contributed by atoms with Crippen LogP contribution in [0.1, 0.15) is 48.2 Å². The second-order valence-corrected chi connectivity index (χ2v) is 16.4. The lowest BCUT2D eigenvalue weighted by atomic mass is 10.0. The number of hydrogen-bond acceptors (Lipinski definition) is 11. The van der Waals surface area contributed by atoms with E-state index in [2.05, 4.69) is 30.1 Å². The Morgan fingerprint density at radius 1 is 0.782 bits per heavy atom. The molecule has 0 unspecified atom stereocenters. The number of aromatic nitrogens is 5. The van der Waals surface area contributed by atoms with Gasteiger partial charge in [-0.2, -0.15) is 0 Å². The van der Waals surface area contributed by atoms with Crippen molar-refractivity contribution >= 4 is 51.2 Å². The van der Waals surface area contributed by atoms with Crippen molar-refractivity contribution in [2.24, 2.45) is 5.73 Å². The Labute approximate surface area is 330 Å². The summed E-state index contributed by atoms with van der Waals surface area (Å²) in [5.41, 5.74) is 13.3. The molecule has 0 radical (unpaired) electrons. The number of ketones is 1. The molecular weight excluding hydrogens is 734 g/mol. The number of carbonyl (C=O) groups is 1. The number of aryl methyl sites for hydroxylation is 2. The summed E-state index contributed by atoms with van der Waals surface area (Å²) in [7, 11) is 0. The minimum absolute atomic E-state index is 0.0261. The van der Waals surface area contributed by atoms with Gasteiger partial charge in [-0.15, -0.1) is 11.8 Å². The lowest BCUT2D eigenvalue weighted by Gasteiger charge is -2.32. The molecule has 2 saturated heterocycles. The van der Waals surface area contributed by atoms with Crippen molar-refractivity contribution in [3.8, 4) is 0 Å². The van der Waals surface area contributed by atoms with E-state index >= 15 is 0 Å². The summed E-state index contributed by atoms with van der Waals surface area (Å²) in [6, 6.07) is 14.8. The zero-order valence-electron chi connectivity index (χ0n) is 31.7. The van der Waals surface area contributed by atoms with Crippen LogP contribution < -0.4 is 22.2 Å². The Hall–Kier alpha value is -3.98. The largest absolute Gasteiger partial charge is 0.328 e. The molecule has 3 N–H and O–H groups in total. The first-order valence-corrected chi connectivity index (χ1v) is 20.6. The van der Waals surface area contributed by atoms with Gasteiger partial charge in [0.1, 0.15) is 5.78 Å². The first-order valence-electron chi connectivity index (χ1n) is 19.3. The second-order valence-electron chi connectivity index (χ2n) is 15.0. The number of nitrogens with zero attached hydrogens (tertiary/aromatic N) is 7. The zero-order valence-corrected chi connectivity index (χ0v) is 33.2. The van der Waals surface area contributed by atoms with Crippen LogP contribution in [-0.4, -0.2) is 96.8 Å². The van der Waals surface area contributed by atoms with Gasteiger partial charge in [0.25, 0.3) is 11.1 Å². The molecule has 6 heterocycles. The third-order valence-electron chi connectivity index (χ3n) is 10.9. The number of Topliss-reactive ketones (excluding diaryl/α,β-unsaturated/α-hetero) is 1. The maximum atomic E-state index is 12.5. The fourth-order valence-electron chi connectivity index (χ4n) is 7.59. The molecule has 290 valence electrons. The van der Waals surface area contributed by atoms with Gasteiger partial charge in [0.15, 0.2) is 0 Å². The monoisotopic (exact) mass is 783 g/mol. The summed E-state index contributed by atoms with van der Waals surface area (Å²) in [5, 5.41) is 4.26. The number of nitrogens with one attached hydrogen (secondary N) is 1. The van der Waals surface area contributed by atoms with Crippen LogP contribution in [0.3, 0.4) is 0 Å². The minimum atomic E-state index is -0.0517. The van der Waals surface area contributed by atoms with Gasteiger partial charge in [-0.25, -0.2) is 9.97 Å². The molecule has 2 aromatic carbocycles. The average Bonchev–Trinajstić information content (AvgIpc) is 3.18. The van der Waals surface area contributed by atoms with E-state index in [1.807, 2.05) is 65.4 Å². The molecule has 3 aliphatic heterocycles. The number of piperidine rings is 2. The van der Waals surface area contributed by atoms with Crippen LogP contribution in [0.5, 0.6) is 0 Å². The quantitative estimate of drug-likeness (QED) is 0.220. The highest BCUT2D eigenvalue weighted by Gasteiger charge is 2.23. The molecule has 3 aromatic heterocycles. The van der Waals surface area contributed by atoms with E-state index in [0.717, 1.165) is 114 Å². The Kier molecular flexibility index (Phi) is 12.8. The third-order valence-corrected chi connectivity index (χ3v) is 12.4. The van der Waals surface area contributed by atoms with Crippen LogP contribution in [0.2, 0.25) is 5.02 Å². The molecule has 55 heavy (non-hydrogen) atoms. The lowest BCUT2D eigenvalue weighted by Crippen LogP contribution is -2.43. The Bertz CT molecular complexity index is 2280. The van der Waals surface area contributed by atoms with Crippen LogP contribution in [0, 0.1) is 13.8 Å². The molecule has 3 aliphatic rings. The summed E-state index contributed by atoms with van der Waals surface area (Å²) in [5.74, 6) is 0.725. The third kappa shape index (κ3) is 9.89. The molecule has 0 atom stereocenters. The molecule has 0 bridgehead atoms. The summed E-state index contributed by atoms with van der Waals surface area (Å²) in [6.45, 7) is 11.8. The predicted octanol–water partition coefficient (Wildman–Crippen LogP) is 4.35. The maximum absolute atomic E-state index is 12.5. The van der Waals surface area contributed by atoms with Crippen molar-refractivity contribution in [3.63, 3.8) is 0 Å². The first kappa shape index (κ1) is 39.3. The highest BCUT2D eigenvalue weighted by Crippen LogP contribution is 2.31. The summed E-state index contributed by atoms with van der Waals surface area (Å²) < 4.78 is 3.68. The van der Waals surface area contributed by atoms with E-state index < -0.39 is 0 Å². The van der Waals surface area contributed by atoms with Gasteiger partial charge in [-0.05, 0) is 107 Å². The molecule has 2 fully saturated rings. The SMILES string of the molecule is Cc1ccc2ncc(=O)n(CCN3CCC(N)CC3)c2c1.Cc1ccc2ncc(=O)n(CCN3CCC(NCc4nc5c(cc4Cl)SCC(=O)C5)CC3)c2c1. The fraction of sp³-hybridized carbons (Fsp3) is 0.463. The molecule has 0 amide bonds. The smallest absolute Gasteiger partial charge is 0.269 e. The summed E-state index contributed by atoms with van der Waals surface area (Å²) in [4.78, 5) is 55.4. The zero-order chi connectivity index (χ0) is 38.5. The van der Waals surface area contributed by atoms with Crippen molar-refractivity contribution in [1.29, 1.82) is 0 Å². The van der Waals surface area contributed by atoms with Crippen LogP contribution in [-0.2, 0) is 30.8 Å². The van der Waals surface area contributed by atoms with Crippen LogP contribution >= 0.6 is 23.4 Å². The Balaban J connectivity index is 0.000000190. The molecule has 14 heteroatoms. The highest BCUT2D eigenvalue weighted by atomic mass is 35.5. The number of likely N-dealkylation sites (tertiary alicyclic amines) is 2. The molecular formula is C41H50ClN9O3S. The maximum Gasteiger partial charge on any atom is 0.269 e. The summed E-state index contributed by atoms with van der Waals surface area (Å²) >= 11 is 7.98. The van der Waals surface area contributed by atoms with E-state index in [1.54, 1.807) is 0 Å². The number of fused-ring (bicyclic) bond motifs is 3. The number of nitrogens with two attached hydrogens (primary N) is 1. The molecule has 8 rings (SSSR count). The van der Waals surface area contributed by atoms with Gasteiger partial charge >= 0.3 is 0 Å². The molecule has 0 saturated carbocycles. The van der Waals surface area contributed by atoms with Crippen LogP contribution in [0.15, 0.2) is 69.3 Å². The number of carbonyl (C=O) groups excluding carboxylic acids is 1. The van der Waals surface area contributed by atoms with Gasteiger partial charge in [0.2, 0.25) is 0 Å². The Morgan fingerprint density at radius 3 is 1.89 bits per heavy atom. The minimum Gasteiger partial charge on any atom is -0.328 e. The van der Waals surface area contributed by atoms with Crippen molar-refractivity contribution in [2.75, 3.05) is 45.0 Å². The van der Waals surface area contributed by atoms with Gasteiger partial charge in [0, 0.05) is 49.7 Å². The number of rotatable bonds is 9. The van der Waals surface area contributed by atoms with E-state index in [9.17, 15) is 14.4 Å². The highest BCUT2D eigenvalue weighted by molar-refractivity contribution is 8.00. The van der Waals surface area contributed by atoms with Crippen LogP contribution in [0.4, 0.5) is 0 Å². The fourth-order valence-corrected chi connectivity index (χ4v) is 8.78. The van der Waals surface area contributed by atoms with E-state index in [4.69, 9.17) is 17.3 Å². The van der Waals surface area contributed by atoms with Gasteiger partial charge in [-0.3, -0.25) is 19.4 Å². The molecule has 0 spiro atoms. The van der Waals surface area contributed by atoms with Crippen molar-refractivity contribution in [1.82, 2.24) is 39.2 Å². The second kappa shape index (κ2) is 17.9. The topological polar surface area (TPSA) is 144 Å². The van der Waals surface area contributed by atoms with Crippen LogP contribution in [0.25, 0.3) is 22.1 Å². The van der Waals surface area contributed by atoms with Gasteiger partial charge in [-0.1, -0.05) is 23.7 Å². The van der Waals surface area contributed by atoms with E-state index in [1.165, 1.54) is 24.2 Å². The molecule has 12 nitrogen and oxygen atoms in total. The number of pyridine rings is 1. The van der Waals surface area contributed by atoms with Gasteiger partial charge in [0.05, 0.1) is 63.0 Å². The van der Waals surface area contributed by atoms with Crippen molar-refractivity contribution in [3.05, 3.63) is 103 Å². The standard InChI is InChI=1S/C25H28ClN5O2S.C16H22N4O/c1-16-2-3-20-23(10-16)31(25(33)14-28-20)9-8-30-6-4-17(5-7-30)27-13-22-19(26)12-24-21(29-22)11-18(32)15-34-24;1-12-2-3-14-15(10-12)20(16(21)11-18-14)9-8-19-6-4-13(17)5-7-19/h2-3,10,12,14,17,27H,4-9,11,13,15H2,1H3;2-3,10-11,13H,4-9,17H2,1H3. The predicted molar refractivity (Wildman–Crippen MR) is 220 cm³/mol. The Morgan fingerprint density at radius 2 is 1.33 bits per heavy atom. The molecule has 0 aliphatic carbocycles. The first-order chi connectivity index (χ1) is 26.6. The average molecular weight is 784 g/mol. The van der Waals surface area contributed by atoms with Crippen molar-refractivity contribution < 1.29 is 4.79 Å². The van der Waals surface area contributed by atoms with E-state index in [-0.39, 0.29) is 16.9 Å². The summed E-state index contributed by atoms with van der Waals surface area (Å²) in [6.07, 6.45) is 7.40. The molecule has 5 aromatic rings. The normalized spacial score (nSPS) is 17.3. The lowest BCUT2D eigenvalue weighted by molar-refractivity contribution is -0.116. The number of hydrogen-bond donors (Lipinski definition) is 2. The number of thioether (sulfide) groups is 1. The van der Waals surface area contributed by atoms with E-state index in [0.29, 0.717) is 48.9 Å². The van der Waals surface area contributed by atoms with Gasteiger partial charge < -0.3 is 30.0 Å². The number of halogens is 1.